The molecule has 0 aliphatic rings. The topological polar surface area (TPSA) is 56.5 Å². The predicted octanol–water partition coefficient (Wildman–Crippen LogP) is 2.68. The standard InChI is InChI=1S/C14H16F2N2O3/c1-19-7-6-17-8-11-9-20-13(18-11)10-2-4-12(5-3-10)21-14(15)16/h2-5,9,14,17H,6-8H2,1H3. The Hall–Kier alpha value is -1.99. The van der Waals surface area contributed by atoms with Crippen LogP contribution in [0, 0.1) is 0 Å². The van der Waals surface area contributed by atoms with Crippen LogP contribution in [0.2, 0.25) is 0 Å². The first kappa shape index (κ1) is 15.4. The van der Waals surface area contributed by atoms with Crippen LogP contribution in [-0.2, 0) is 11.3 Å². The molecule has 0 saturated carbocycles. The SMILES string of the molecule is COCCNCc1coc(-c2ccc(OC(F)F)cc2)n1. The van der Waals surface area contributed by atoms with Crippen molar-refractivity contribution in [3.8, 4) is 17.2 Å². The highest BCUT2D eigenvalue weighted by Crippen LogP contribution is 2.22. The summed E-state index contributed by atoms with van der Waals surface area (Å²) in [4.78, 5) is 4.31. The Morgan fingerprint density at radius 2 is 2.05 bits per heavy atom. The Balaban J connectivity index is 1.94. The lowest BCUT2D eigenvalue weighted by molar-refractivity contribution is -0.0498. The molecule has 2 aromatic rings. The van der Waals surface area contributed by atoms with E-state index in [1.165, 1.54) is 12.1 Å². The van der Waals surface area contributed by atoms with Gasteiger partial charge in [-0.05, 0) is 24.3 Å². The van der Waals surface area contributed by atoms with Crippen LogP contribution in [0.4, 0.5) is 8.78 Å². The number of halogens is 2. The molecule has 0 amide bonds. The van der Waals surface area contributed by atoms with Crippen LogP contribution < -0.4 is 10.1 Å². The number of rotatable bonds is 8. The summed E-state index contributed by atoms with van der Waals surface area (Å²) in [6, 6.07) is 6.13. The Morgan fingerprint density at radius 1 is 1.29 bits per heavy atom. The summed E-state index contributed by atoms with van der Waals surface area (Å²) in [5.41, 5.74) is 1.45. The van der Waals surface area contributed by atoms with Gasteiger partial charge in [0.1, 0.15) is 12.0 Å². The van der Waals surface area contributed by atoms with Crippen molar-refractivity contribution in [2.45, 2.75) is 13.2 Å². The molecular formula is C14H16F2N2O3. The van der Waals surface area contributed by atoms with Crippen molar-refractivity contribution in [3.05, 3.63) is 36.2 Å². The molecule has 1 N–H and O–H groups in total. The summed E-state index contributed by atoms with van der Waals surface area (Å²) < 4.78 is 38.7. The van der Waals surface area contributed by atoms with Gasteiger partial charge in [-0.25, -0.2) is 4.98 Å². The number of hydrogen-bond donors (Lipinski definition) is 1. The minimum absolute atomic E-state index is 0.0989. The van der Waals surface area contributed by atoms with Crippen LogP contribution in [-0.4, -0.2) is 31.9 Å². The third-order valence-electron chi connectivity index (χ3n) is 2.67. The number of nitrogens with one attached hydrogen (secondary N) is 1. The van der Waals surface area contributed by atoms with Gasteiger partial charge in [0, 0.05) is 25.8 Å². The van der Waals surface area contributed by atoms with Gasteiger partial charge < -0.3 is 19.2 Å². The van der Waals surface area contributed by atoms with Crippen LogP contribution >= 0.6 is 0 Å². The molecule has 0 unspecified atom stereocenters. The van der Waals surface area contributed by atoms with E-state index in [9.17, 15) is 8.78 Å². The van der Waals surface area contributed by atoms with E-state index < -0.39 is 6.61 Å². The molecule has 7 heteroatoms. The summed E-state index contributed by atoms with van der Waals surface area (Å²) in [6.07, 6.45) is 1.55. The molecule has 0 spiro atoms. The molecular weight excluding hydrogens is 282 g/mol. The second-order valence-corrected chi connectivity index (χ2v) is 4.22. The monoisotopic (exact) mass is 298 g/mol. The zero-order valence-electron chi connectivity index (χ0n) is 11.5. The van der Waals surface area contributed by atoms with Gasteiger partial charge >= 0.3 is 6.61 Å². The lowest BCUT2D eigenvalue weighted by Gasteiger charge is -2.04. The molecule has 0 aliphatic heterocycles. The van der Waals surface area contributed by atoms with Gasteiger partial charge in [0.2, 0.25) is 5.89 Å². The van der Waals surface area contributed by atoms with Crippen LogP contribution in [0.5, 0.6) is 5.75 Å². The second kappa shape index (κ2) is 7.70. The lowest BCUT2D eigenvalue weighted by atomic mass is 10.2. The van der Waals surface area contributed by atoms with Gasteiger partial charge in [0.15, 0.2) is 0 Å². The van der Waals surface area contributed by atoms with E-state index in [0.717, 1.165) is 12.2 Å². The average molecular weight is 298 g/mol. The zero-order chi connectivity index (χ0) is 15.1. The predicted molar refractivity (Wildman–Crippen MR) is 72.2 cm³/mol. The minimum Gasteiger partial charge on any atom is -0.444 e. The fourth-order valence-electron chi connectivity index (χ4n) is 1.69. The van der Waals surface area contributed by atoms with Crippen molar-refractivity contribution < 1.29 is 22.7 Å². The quantitative estimate of drug-likeness (QED) is 0.759. The van der Waals surface area contributed by atoms with Crippen molar-refractivity contribution in [3.63, 3.8) is 0 Å². The molecule has 114 valence electrons. The Labute approximate surface area is 120 Å². The number of alkyl halides is 2. The molecule has 0 aliphatic carbocycles. The second-order valence-electron chi connectivity index (χ2n) is 4.22. The third-order valence-corrected chi connectivity index (χ3v) is 2.67. The van der Waals surface area contributed by atoms with Gasteiger partial charge in [-0.2, -0.15) is 8.78 Å². The van der Waals surface area contributed by atoms with Crippen LogP contribution in [0.15, 0.2) is 34.9 Å². The summed E-state index contributed by atoms with van der Waals surface area (Å²) in [5.74, 6) is 0.531. The molecule has 1 aromatic carbocycles. The number of benzene rings is 1. The molecule has 0 fully saturated rings. The van der Waals surface area contributed by atoms with Crippen LogP contribution in [0.3, 0.4) is 0 Å². The Bertz CT molecular complexity index is 543. The number of oxazole rings is 1. The first-order valence-electron chi connectivity index (χ1n) is 6.38. The van der Waals surface area contributed by atoms with E-state index in [-0.39, 0.29) is 5.75 Å². The average Bonchev–Trinajstić information content (AvgIpc) is 2.93. The summed E-state index contributed by atoms with van der Waals surface area (Å²) in [5, 5.41) is 3.15. The molecule has 1 aromatic heterocycles. The maximum atomic E-state index is 12.1. The van der Waals surface area contributed by atoms with E-state index in [1.54, 1.807) is 25.5 Å². The fourth-order valence-corrected chi connectivity index (χ4v) is 1.69. The Kier molecular flexibility index (Phi) is 5.65. The maximum absolute atomic E-state index is 12.1. The fraction of sp³-hybridized carbons (Fsp3) is 0.357. The number of aromatic nitrogens is 1. The van der Waals surface area contributed by atoms with Gasteiger partial charge in [0.05, 0.1) is 12.3 Å². The van der Waals surface area contributed by atoms with Gasteiger partial charge in [-0.3, -0.25) is 0 Å². The summed E-state index contributed by atoms with van der Waals surface area (Å²) >= 11 is 0. The smallest absolute Gasteiger partial charge is 0.387 e. The van der Waals surface area contributed by atoms with E-state index in [0.29, 0.717) is 24.6 Å². The normalized spacial score (nSPS) is 11.0. The van der Waals surface area contributed by atoms with Crippen molar-refractivity contribution >= 4 is 0 Å². The number of methoxy groups -OCH3 is 1. The van der Waals surface area contributed by atoms with Crippen molar-refractivity contribution in [2.75, 3.05) is 20.3 Å². The summed E-state index contributed by atoms with van der Waals surface area (Å²) in [7, 11) is 1.64. The van der Waals surface area contributed by atoms with Crippen molar-refractivity contribution in [1.29, 1.82) is 0 Å². The van der Waals surface area contributed by atoms with E-state index in [2.05, 4.69) is 15.0 Å². The molecule has 1 heterocycles. The highest BCUT2D eigenvalue weighted by Gasteiger charge is 2.08. The van der Waals surface area contributed by atoms with E-state index >= 15 is 0 Å². The third kappa shape index (κ3) is 4.80. The molecule has 0 saturated heterocycles. The number of ether oxygens (including phenoxy) is 2. The van der Waals surface area contributed by atoms with Gasteiger partial charge in [0.25, 0.3) is 0 Å². The van der Waals surface area contributed by atoms with Gasteiger partial charge in [-0.1, -0.05) is 0 Å². The van der Waals surface area contributed by atoms with Gasteiger partial charge in [-0.15, -0.1) is 0 Å². The zero-order valence-corrected chi connectivity index (χ0v) is 11.5. The lowest BCUT2D eigenvalue weighted by Crippen LogP contribution is -2.18. The molecule has 0 atom stereocenters. The van der Waals surface area contributed by atoms with Crippen LogP contribution in [0.1, 0.15) is 5.69 Å². The molecule has 2 rings (SSSR count). The minimum atomic E-state index is -2.83. The highest BCUT2D eigenvalue weighted by molar-refractivity contribution is 5.54. The van der Waals surface area contributed by atoms with E-state index in [4.69, 9.17) is 9.15 Å². The first-order chi connectivity index (χ1) is 10.2. The number of hydrogen-bond acceptors (Lipinski definition) is 5. The first-order valence-corrected chi connectivity index (χ1v) is 6.38. The molecule has 0 radical (unpaired) electrons. The Morgan fingerprint density at radius 3 is 2.71 bits per heavy atom. The largest absolute Gasteiger partial charge is 0.444 e. The van der Waals surface area contributed by atoms with Crippen LogP contribution in [0.25, 0.3) is 11.5 Å². The summed E-state index contributed by atoms with van der Waals surface area (Å²) in [6.45, 7) is -0.920. The van der Waals surface area contributed by atoms with Crippen molar-refractivity contribution in [1.82, 2.24) is 10.3 Å². The van der Waals surface area contributed by atoms with E-state index in [1.807, 2.05) is 0 Å². The molecule has 5 nitrogen and oxygen atoms in total. The number of nitrogens with zero attached hydrogens (tertiary/aromatic N) is 1. The molecule has 21 heavy (non-hydrogen) atoms. The highest BCUT2D eigenvalue weighted by atomic mass is 19.3. The molecule has 0 bridgehead atoms. The van der Waals surface area contributed by atoms with Crippen molar-refractivity contribution in [2.24, 2.45) is 0 Å². The maximum Gasteiger partial charge on any atom is 0.387 e.